The summed E-state index contributed by atoms with van der Waals surface area (Å²) in [7, 11) is 0. The van der Waals surface area contributed by atoms with Crippen LogP contribution in [0.5, 0.6) is 0 Å². The van der Waals surface area contributed by atoms with Crippen LogP contribution < -0.4 is 5.73 Å². The first-order valence-corrected chi connectivity index (χ1v) is 6.51. The highest BCUT2D eigenvalue weighted by atomic mass is 79.9. The summed E-state index contributed by atoms with van der Waals surface area (Å²) in [5.41, 5.74) is 9.96. The Bertz CT molecular complexity index is 491. The SMILES string of the molecule is Cc1cccc(CC(N)c2ccc(Br)cc2)c1. The largest absolute Gasteiger partial charge is 0.324 e. The molecule has 2 aromatic carbocycles. The van der Waals surface area contributed by atoms with Crippen molar-refractivity contribution in [2.24, 2.45) is 5.73 Å². The van der Waals surface area contributed by atoms with Gasteiger partial charge >= 0.3 is 0 Å². The molecule has 1 atom stereocenters. The number of aryl methyl sites for hydroxylation is 1. The lowest BCUT2D eigenvalue weighted by Crippen LogP contribution is -2.13. The number of hydrogen-bond donors (Lipinski definition) is 1. The van der Waals surface area contributed by atoms with Crippen molar-refractivity contribution in [3.63, 3.8) is 0 Å². The summed E-state index contributed by atoms with van der Waals surface area (Å²) in [6, 6.07) is 16.8. The summed E-state index contributed by atoms with van der Waals surface area (Å²) >= 11 is 3.43. The number of benzene rings is 2. The molecule has 1 nitrogen and oxygen atoms in total. The molecule has 1 unspecified atom stereocenters. The van der Waals surface area contributed by atoms with E-state index >= 15 is 0 Å². The molecular formula is C15H16BrN. The van der Waals surface area contributed by atoms with Gasteiger partial charge in [-0.15, -0.1) is 0 Å². The molecule has 0 spiro atoms. The van der Waals surface area contributed by atoms with Crippen LogP contribution in [0.1, 0.15) is 22.7 Å². The van der Waals surface area contributed by atoms with Crippen LogP contribution in [-0.2, 0) is 6.42 Å². The first-order valence-electron chi connectivity index (χ1n) is 5.72. The fourth-order valence-electron chi connectivity index (χ4n) is 1.92. The van der Waals surface area contributed by atoms with E-state index < -0.39 is 0 Å². The lowest BCUT2D eigenvalue weighted by Gasteiger charge is -2.12. The third-order valence-electron chi connectivity index (χ3n) is 2.84. The molecule has 2 N–H and O–H groups in total. The quantitative estimate of drug-likeness (QED) is 0.908. The first kappa shape index (κ1) is 12.3. The Morgan fingerprint density at radius 3 is 2.47 bits per heavy atom. The van der Waals surface area contributed by atoms with Crippen molar-refractivity contribution >= 4 is 15.9 Å². The Morgan fingerprint density at radius 2 is 1.82 bits per heavy atom. The van der Waals surface area contributed by atoms with E-state index in [2.05, 4.69) is 59.3 Å². The van der Waals surface area contributed by atoms with E-state index in [0.29, 0.717) is 0 Å². The first-order chi connectivity index (χ1) is 8.15. The maximum Gasteiger partial charge on any atom is 0.0335 e. The van der Waals surface area contributed by atoms with Crippen LogP contribution in [-0.4, -0.2) is 0 Å². The van der Waals surface area contributed by atoms with Crippen LogP contribution in [0, 0.1) is 6.92 Å². The fourth-order valence-corrected chi connectivity index (χ4v) is 2.19. The van der Waals surface area contributed by atoms with Crippen molar-refractivity contribution in [3.05, 3.63) is 69.7 Å². The van der Waals surface area contributed by atoms with E-state index in [4.69, 9.17) is 5.73 Å². The van der Waals surface area contributed by atoms with Crippen molar-refractivity contribution in [2.45, 2.75) is 19.4 Å². The van der Waals surface area contributed by atoms with E-state index in [1.54, 1.807) is 0 Å². The van der Waals surface area contributed by atoms with Gasteiger partial charge in [0.25, 0.3) is 0 Å². The molecule has 2 rings (SSSR count). The summed E-state index contributed by atoms with van der Waals surface area (Å²) in [5.74, 6) is 0. The molecule has 0 aromatic heterocycles. The van der Waals surface area contributed by atoms with Gasteiger partial charge in [0.1, 0.15) is 0 Å². The Hall–Kier alpha value is -1.12. The molecule has 88 valence electrons. The molecule has 0 heterocycles. The average molecular weight is 290 g/mol. The van der Waals surface area contributed by atoms with E-state index in [1.807, 2.05) is 12.1 Å². The van der Waals surface area contributed by atoms with Crippen molar-refractivity contribution < 1.29 is 0 Å². The Morgan fingerprint density at radius 1 is 1.12 bits per heavy atom. The number of rotatable bonds is 3. The smallest absolute Gasteiger partial charge is 0.0335 e. The summed E-state index contributed by atoms with van der Waals surface area (Å²) in [4.78, 5) is 0. The molecule has 0 aliphatic carbocycles. The van der Waals surface area contributed by atoms with Crippen LogP contribution in [0.2, 0.25) is 0 Å². The van der Waals surface area contributed by atoms with Crippen molar-refractivity contribution in [3.8, 4) is 0 Å². The van der Waals surface area contributed by atoms with E-state index in [1.165, 1.54) is 16.7 Å². The standard InChI is InChI=1S/C15H16BrN/c1-11-3-2-4-12(9-11)10-15(17)13-5-7-14(16)8-6-13/h2-9,15H,10,17H2,1H3. The van der Waals surface area contributed by atoms with Gasteiger partial charge in [-0.25, -0.2) is 0 Å². The average Bonchev–Trinajstić information content (AvgIpc) is 2.29. The highest BCUT2D eigenvalue weighted by molar-refractivity contribution is 9.10. The second-order valence-corrected chi connectivity index (χ2v) is 5.27. The predicted octanol–water partition coefficient (Wildman–Crippen LogP) is 4.00. The Balaban J connectivity index is 2.11. The van der Waals surface area contributed by atoms with Crippen molar-refractivity contribution in [2.75, 3.05) is 0 Å². The second kappa shape index (κ2) is 5.48. The summed E-state index contributed by atoms with van der Waals surface area (Å²) in [6.45, 7) is 2.11. The van der Waals surface area contributed by atoms with E-state index in [0.717, 1.165) is 10.9 Å². The van der Waals surface area contributed by atoms with Gasteiger partial charge in [-0.3, -0.25) is 0 Å². The molecule has 0 amide bonds. The molecule has 0 bridgehead atoms. The number of hydrogen-bond acceptors (Lipinski definition) is 1. The molecule has 0 fully saturated rings. The molecule has 0 aliphatic heterocycles. The minimum absolute atomic E-state index is 0.0601. The number of nitrogens with two attached hydrogens (primary N) is 1. The zero-order chi connectivity index (χ0) is 12.3. The Labute approximate surface area is 111 Å². The van der Waals surface area contributed by atoms with Gasteiger partial charge in [-0.05, 0) is 36.6 Å². The summed E-state index contributed by atoms with van der Waals surface area (Å²) < 4.78 is 1.09. The van der Waals surface area contributed by atoms with E-state index in [-0.39, 0.29) is 6.04 Å². The molecule has 0 saturated carbocycles. The topological polar surface area (TPSA) is 26.0 Å². The lowest BCUT2D eigenvalue weighted by molar-refractivity contribution is 0.721. The molecule has 0 saturated heterocycles. The van der Waals surface area contributed by atoms with Gasteiger partial charge in [0.2, 0.25) is 0 Å². The monoisotopic (exact) mass is 289 g/mol. The van der Waals surface area contributed by atoms with E-state index in [9.17, 15) is 0 Å². The molecular weight excluding hydrogens is 274 g/mol. The molecule has 17 heavy (non-hydrogen) atoms. The summed E-state index contributed by atoms with van der Waals surface area (Å²) in [5, 5.41) is 0. The molecule has 0 aliphatic rings. The van der Waals surface area contributed by atoms with Crippen LogP contribution in [0.4, 0.5) is 0 Å². The molecule has 0 radical (unpaired) electrons. The normalized spacial score (nSPS) is 12.4. The van der Waals surface area contributed by atoms with Gasteiger partial charge in [0, 0.05) is 10.5 Å². The van der Waals surface area contributed by atoms with Gasteiger partial charge in [0.05, 0.1) is 0 Å². The van der Waals surface area contributed by atoms with Gasteiger partial charge in [0.15, 0.2) is 0 Å². The Kier molecular flexibility index (Phi) is 3.97. The van der Waals surface area contributed by atoms with Gasteiger partial charge in [-0.2, -0.15) is 0 Å². The van der Waals surface area contributed by atoms with Crippen molar-refractivity contribution in [1.29, 1.82) is 0 Å². The minimum atomic E-state index is 0.0601. The van der Waals surface area contributed by atoms with Crippen LogP contribution in [0.3, 0.4) is 0 Å². The highest BCUT2D eigenvalue weighted by Crippen LogP contribution is 2.19. The second-order valence-electron chi connectivity index (χ2n) is 4.35. The zero-order valence-corrected chi connectivity index (χ0v) is 11.4. The maximum absolute atomic E-state index is 6.21. The third kappa shape index (κ3) is 3.42. The predicted molar refractivity (Wildman–Crippen MR) is 76.0 cm³/mol. The van der Waals surface area contributed by atoms with Crippen molar-refractivity contribution in [1.82, 2.24) is 0 Å². The zero-order valence-electron chi connectivity index (χ0n) is 9.86. The van der Waals surface area contributed by atoms with Crippen LogP contribution >= 0.6 is 15.9 Å². The minimum Gasteiger partial charge on any atom is -0.324 e. The maximum atomic E-state index is 6.21. The fraction of sp³-hybridized carbons (Fsp3) is 0.200. The highest BCUT2D eigenvalue weighted by Gasteiger charge is 2.06. The number of halogens is 1. The van der Waals surface area contributed by atoms with Gasteiger partial charge < -0.3 is 5.73 Å². The lowest BCUT2D eigenvalue weighted by atomic mass is 9.99. The van der Waals surface area contributed by atoms with Crippen LogP contribution in [0.15, 0.2) is 53.0 Å². The third-order valence-corrected chi connectivity index (χ3v) is 3.36. The molecule has 2 heteroatoms. The van der Waals surface area contributed by atoms with Gasteiger partial charge in [-0.1, -0.05) is 57.9 Å². The molecule has 2 aromatic rings. The summed E-state index contributed by atoms with van der Waals surface area (Å²) in [6.07, 6.45) is 0.878. The van der Waals surface area contributed by atoms with Crippen LogP contribution in [0.25, 0.3) is 0 Å².